The van der Waals surface area contributed by atoms with Gasteiger partial charge in [0, 0.05) is 18.1 Å². The fraction of sp³-hybridized carbons (Fsp3) is 0.588. The van der Waals surface area contributed by atoms with E-state index in [2.05, 4.69) is 10.6 Å². The van der Waals surface area contributed by atoms with Crippen LogP contribution in [0.3, 0.4) is 0 Å². The van der Waals surface area contributed by atoms with Gasteiger partial charge in [0.15, 0.2) is 6.61 Å². The molecule has 0 saturated carbocycles. The van der Waals surface area contributed by atoms with Crippen LogP contribution in [0.5, 0.6) is 5.75 Å². The van der Waals surface area contributed by atoms with Gasteiger partial charge in [0.25, 0.3) is 5.91 Å². The number of aryl methyl sites for hydroxylation is 2. The summed E-state index contributed by atoms with van der Waals surface area (Å²) in [6.07, 6.45) is 4.59. The average molecular weight is 288 g/mol. The summed E-state index contributed by atoms with van der Waals surface area (Å²) in [5.41, 5.74) is 2.14. The van der Waals surface area contributed by atoms with E-state index in [0.717, 1.165) is 29.7 Å². The Balaban J connectivity index is 1.50. The zero-order valence-corrected chi connectivity index (χ0v) is 12.8. The third-order valence-electron chi connectivity index (χ3n) is 4.59. The Morgan fingerprint density at radius 1 is 1.24 bits per heavy atom. The number of para-hydroxylation sites is 1. The molecule has 0 spiro atoms. The number of piperidine rings is 1. The van der Waals surface area contributed by atoms with Gasteiger partial charge in [0.2, 0.25) is 0 Å². The van der Waals surface area contributed by atoms with E-state index < -0.39 is 0 Å². The first-order valence-corrected chi connectivity index (χ1v) is 7.86. The van der Waals surface area contributed by atoms with Crippen LogP contribution in [0.4, 0.5) is 0 Å². The molecule has 0 radical (unpaired) electrons. The molecule has 2 aliphatic rings. The number of rotatable bonds is 4. The number of hydrogen-bond acceptors (Lipinski definition) is 3. The van der Waals surface area contributed by atoms with Crippen molar-refractivity contribution in [3.63, 3.8) is 0 Å². The maximum Gasteiger partial charge on any atom is 0.258 e. The monoisotopic (exact) mass is 288 g/mol. The molecule has 2 aliphatic heterocycles. The third kappa shape index (κ3) is 3.38. The molecule has 2 bridgehead atoms. The first kappa shape index (κ1) is 14.4. The van der Waals surface area contributed by atoms with Gasteiger partial charge in [0.1, 0.15) is 5.75 Å². The molecule has 1 amide bonds. The highest BCUT2D eigenvalue weighted by Gasteiger charge is 2.33. The Bertz CT molecular complexity index is 497. The number of carbonyl (C=O) groups is 1. The molecule has 2 fully saturated rings. The molecular formula is C17H24N2O2. The van der Waals surface area contributed by atoms with E-state index in [0.29, 0.717) is 18.1 Å². The smallest absolute Gasteiger partial charge is 0.258 e. The lowest BCUT2D eigenvalue weighted by Crippen LogP contribution is -2.49. The number of nitrogens with one attached hydrogen (secondary N) is 2. The lowest BCUT2D eigenvalue weighted by atomic mass is 10.00. The molecule has 2 atom stereocenters. The number of fused-ring (bicyclic) bond motifs is 2. The predicted octanol–water partition coefficient (Wildman–Crippen LogP) is 2.08. The second kappa shape index (κ2) is 6.06. The molecular weight excluding hydrogens is 264 g/mol. The first-order chi connectivity index (χ1) is 10.1. The number of carbonyl (C=O) groups excluding carboxylic acids is 1. The summed E-state index contributed by atoms with van der Waals surface area (Å²) in [6.45, 7) is 4.11. The van der Waals surface area contributed by atoms with Gasteiger partial charge < -0.3 is 15.4 Å². The normalized spacial score (nSPS) is 27.4. The highest BCUT2D eigenvalue weighted by Crippen LogP contribution is 2.27. The zero-order valence-electron chi connectivity index (χ0n) is 12.8. The lowest BCUT2D eigenvalue weighted by Gasteiger charge is -2.29. The van der Waals surface area contributed by atoms with Crippen molar-refractivity contribution in [2.24, 2.45) is 0 Å². The Morgan fingerprint density at radius 2 is 1.86 bits per heavy atom. The van der Waals surface area contributed by atoms with Crippen molar-refractivity contribution in [2.45, 2.75) is 57.7 Å². The van der Waals surface area contributed by atoms with Crippen LogP contribution in [-0.2, 0) is 4.79 Å². The minimum absolute atomic E-state index is 0.0102. The third-order valence-corrected chi connectivity index (χ3v) is 4.59. The van der Waals surface area contributed by atoms with Crippen molar-refractivity contribution in [1.82, 2.24) is 10.6 Å². The maximum atomic E-state index is 12.1. The Morgan fingerprint density at radius 3 is 2.48 bits per heavy atom. The molecule has 2 unspecified atom stereocenters. The zero-order chi connectivity index (χ0) is 14.8. The first-order valence-electron chi connectivity index (χ1n) is 7.86. The van der Waals surface area contributed by atoms with Gasteiger partial charge in [-0.15, -0.1) is 0 Å². The Hall–Kier alpha value is -1.55. The quantitative estimate of drug-likeness (QED) is 0.892. The molecule has 4 heteroatoms. The Kier molecular flexibility index (Phi) is 4.15. The molecule has 2 heterocycles. The van der Waals surface area contributed by atoms with Gasteiger partial charge in [-0.05, 0) is 50.7 Å². The standard InChI is InChI=1S/C17H24N2O2/c1-11-4-3-5-12(2)17(11)21-10-16(20)19-15-8-13-6-7-14(9-15)18-13/h3-5,13-15,18H,6-10H2,1-2H3,(H,19,20). The van der Waals surface area contributed by atoms with Crippen LogP contribution >= 0.6 is 0 Å². The molecule has 4 nitrogen and oxygen atoms in total. The van der Waals surface area contributed by atoms with Crippen LogP contribution in [0.1, 0.15) is 36.8 Å². The van der Waals surface area contributed by atoms with E-state index in [4.69, 9.17) is 4.74 Å². The fourth-order valence-electron chi connectivity index (χ4n) is 3.61. The van der Waals surface area contributed by atoms with Gasteiger partial charge in [0.05, 0.1) is 0 Å². The lowest BCUT2D eigenvalue weighted by molar-refractivity contribution is -0.124. The largest absolute Gasteiger partial charge is 0.483 e. The summed E-state index contributed by atoms with van der Waals surface area (Å²) >= 11 is 0. The minimum Gasteiger partial charge on any atom is -0.483 e. The molecule has 0 aromatic heterocycles. The number of benzene rings is 1. The van der Waals surface area contributed by atoms with Crippen molar-refractivity contribution in [3.05, 3.63) is 29.3 Å². The summed E-state index contributed by atoms with van der Waals surface area (Å²) in [7, 11) is 0. The molecule has 21 heavy (non-hydrogen) atoms. The van der Waals surface area contributed by atoms with Crippen LogP contribution in [0, 0.1) is 13.8 Å². The highest BCUT2D eigenvalue weighted by atomic mass is 16.5. The molecule has 1 aromatic carbocycles. The van der Waals surface area contributed by atoms with Crippen molar-refractivity contribution >= 4 is 5.91 Å². The van der Waals surface area contributed by atoms with Crippen LogP contribution < -0.4 is 15.4 Å². The molecule has 1 aromatic rings. The maximum absolute atomic E-state index is 12.1. The molecule has 3 rings (SSSR count). The van der Waals surface area contributed by atoms with Crippen molar-refractivity contribution in [1.29, 1.82) is 0 Å². The van der Waals surface area contributed by atoms with Gasteiger partial charge in [-0.3, -0.25) is 4.79 Å². The summed E-state index contributed by atoms with van der Waals surface area (Å²) in [4.78, 5) is 12.1. The van der Waals surface area contributed by atoms with E-state index >= 15 is 0 Å². The summed E-state index contributed by atoms with van der Waals surface area (Å²) < 4.78 is 5.71. The number of amides is 1. The highest BCUT2D eigenvalue weighted by molar-refractivity contribution is 5.78. The van der Waals surface area contributed by atoms with Gasteiger partial charge in [-0.2, -0.15) is 0 Å². The summed E-state index contributed by atoms with van der Waals surface area (Å²) in [5.74, 6) is 0.821. The summed E-state index contributed by atoms with van der Waals surface area (Å²) in [6, 6.07) is 7.50. The molecule has 114 valence electrons. The number of hydrogen-bond donors (Lipinski definition) is 2. The van der Waals surface area contributed by atoms with E-state index in [1.165, 1.54) is 12.8 Å². The van der Waals surface area contributed by atoms with Gasteiger partial charge in [-0.1, -0.05) is 18.2 Å². The summed E-state index contributed by atoms with van der Waals surface area (Å²) in [5, 5.41) is 6.71. The molecule has 2 saturated heterocycles. The Labute approximate surface area is 126 Å². The van der Waals surface area contributed by atoms with Crippen molar-refractivity contribution in [3.8, 4) is 5.75 Å². The van der Waals surface area contributed by atoms with Crippen LogP contribution in [0.15, 0.2) is 18.2 Å². The van der Waals surface area contributed by atoms with E-state index in [9.17, 15) is 4.79 Å². The van der Waals surface area contributed by atoms with Crippen LogP contribution in [0.2, 0.25) is 0 Å². The number of ether oxygens (including phenoxy) is 1. The van der Waals surface area contributed by atoms with Crippen molar-refractivity contribution in [2.75, 3.05) is 6.61 Å². The van der Waals surface area contributed by atoms with Crippen LogP contribution in [0.25, 0.3) is 0 Å². The van der Waals surface area contributed by atoms with Gasteiger partial charge in [-0.25, -0.2) is 0 Å². The van der Waals surface area contributed by atoms with E-state index in [1.54, 1.807) is 0 Å². The van der Waals surface area contributed by atoms with E-state index in [-0.39, 0.29) is 12.5 Å². The SMILES string of the molecule is Cc1cccc(C)c1OCC(=O)NC1CC2CCC(C1)N2. The second-order valence-corrected chi connectivity index (χ2v) is 6.38. The second-order valence-electron chi connectivity index (χ2n) is 6.38. The molecule has 2 N–H and O–H groups in total. The minimum atomic E-state index is -0.0102. The molecule has 0 aliphatic carbocycles. The van der Waals surface area contributed by atoms with Crippen molar-refractivity contribution < 1.29 is 9.53 Å². The average Bonchev–Trinajstić information content (AvgIpc) is 2.77. The van der Waals surface area contributed by atoms with Crippen LogP contribution in [-0.4, -0.2) is 30.6 Å². The topological polar surface area (TPSA) is 50.4 Å². The van der Waals surface area contributed by atoms with E-state index in [1.807, 2.05) is 32.0 Å². The van der Waals surface area contributed by atoms with Gasteiger partial charge >= 0.3 is 0 Å². The fourth-order valence-corrected chi connectivity index (χ4v) is 3.61. The predicted molar refractivity (Wildman–Crippen MR) is 82.5 cm³/mol.